The Bertz CT molecular complexity index is 803. The number of benzene rings is 2. The molecule has 0 radical (unpaired) electrons. The van der Waals surface area contributed by atoms with E-state index >= 15 is 0 Å². The molecule has 2 N–H and O–H groups in total. The van der Waals surface area contributed by atoms with Crippen molar-refractivity contribution in [1.29, 1.82) is 0 Å². The van der Waals surface area contributed by atoms with Gasteiger partial charge >= 0.3 is 0 Å². The molecule has 1 aliphatic rings. The van der Waals surface area contributed by atoms with Crippen LogP contribution in [0.25, 0.3) is 0 Å². The zero-order valence-corrected chi connectivity index (χ0v) is 15.5. The lowest BCUT2D eigenvalue weighted by atomic mass is 10.1. The molecule has 25 heavy (non-hydrogen) atoms. The first-order valence-corrected chi connectivity index (χ1v) is 8.95. The number of thiocarbonyl (C=S) groups is 1. The van der Waals surface area contributed by atoms with Gasteiger partial charge in [0.15, 0.2) is 5.11 Å². The predicted molar refractivity (Wildman–Crippen MR) is 107 cm³/mol. The first-order chi connectivity index (χ1) is 12.0. The summed E-state index contributed by atoms with van der Waals surface area (Å²) in [6.45, 7) is 5.57. The fourth-order valence-corrected chi connectivity index (χ4v) is 3.25. The van der Waals surface area contributed by atoms with Crippen molar-refractivity contribution < 1.29 is 4.79 Å². The number of hydrogen-bond donors (Lipinski definition) is 2. The van der Waals surface area contributed by atoms with Crippen LogP contribution in [0, 0.1) is 13.8 Å². The van der Waals surface area contributed by atoms with E-state index in [-0.39, 0.29) is 5.91 Å². The van der Waals surface area contributed by atoms with Crippen molar-refractivity contribution in [2.45, 2.75) is 33.2 Å². The van der Waals surface area contributed by atoms with E-state index in [9.17, 15) is 4.79 Å². The highest BCUT2D eigenvalue weighted by Gasteiger charge is 2.23. The van der Waals surface area contributed by atoms with Crippen LogP contribution in [0.5, 0.6) is 0 Å². The number of rotatable bonds is 4. The Morgan fingerprint density at radius 2 is 2.04 bits per heavy atom. The summed E-state index contributed by atoms with van der Waals surface area (Å²) >= 11 is 5.40. The van der Waals surface area contributed by atoms with Crippen molar-refractivity contribution >= 4 is 34.6 Å². The summed E-state index contributed by atoms with van der Waals surface area (Å²) in [6, 6.07) is 14.3. The first kappa shape index (κ1) is 17.4. The van der Waals surface area contributed by atoms with Crippen LogP contribution in [-0.4, -0.2) is 17.6 Å². The molecule has 130 valence electrons. The Kier molecular flexibility index (Phi) is 5.34. The lowest BCUT2D eigenvalue weighted by molar-refractivity contribution is -0.117. The lowest BCUT2D eigenvalue weighted by Gasteiger charge is -2.20. The molecule has 2 aromatic carbocycles. The van der Waals surface area contributed by atoms with Crippen LogP contribution < -0.4 is 15.5 Å². The standard InChI is InChI=1S/C20H23N3OS/c1-14-5-3-6-16(11-14)13-21-20(25)22-17-9-8-15(2)18(12-17)23-10-4-7-19(23)24/h3,5-6,8-9,11-12H,4,7,10,13H2,1-2H3,(H2,21,22,25). The third-order valence-electron chi connectivity index (χ3n) is 4.37. The molecule has 1 fully saturated rings. The molecule has 4 nitrogen and oxygen atoms in total. The van der Waals surface area contributed by atoms with Crippen molar-refractivity contribution in [3.63, 3.8) is 0 Å². The van der Waals surface area contributed by atoms with Gasteiger partial charge in [-0.15, -0.1) is 0 Å². The van der Waals surface area contributed by atoms with Gasteiger partial charge in [0, 0.05) is 30.9 Å². The van der Waals surface area contributed by atoms with Gasteiger partial charge in [0.1, 0.15) is 0 Å². The van der Waals surface area contributed by atoms with Crippen LogP contribution in [0.4, 0.5) is 11.4 Å². The zero-order valence-electron chi connectivity index (χ0n) is 14.6. The van der Waals surface area contributed by atoms with E-state index in [0.29, 0.717) is 18.1 Å². The average Bonchev–Trinajstić information content (AvgIpc) is 3.01. The Morgan fingerprint density at radius 1 is 1.20 bits per heavy atom. The van der Waals surface area contributed by atoms with E-state index in [0.717, 1.165) is 29.9 Å². The first-order valence-electron chi connectivity index (χ1n) is 8.54. The van der Waals surface area contributed by atoms with Crippen molar-refractivity contribution in [1.82, 2.24) is 5.32 Å². The number of hydrogen-bond acceptors (Lipinski definition) is 2. The highest BCUT2D eigenvalue weighted by molar-refractivity contribution is 7.80. The Balaban J connectivity index is 1.64. The number of nitrogens with zero attached hydrogens (tertiary/aromatic N) is 1. The summed E-state index contributed by atoms with van der Waals surface area (Å²) in [6.07, 6.45) is 1.56. The second-order valence-corrected chi connectivity index (χ2v) is 6.86. The Hall–Kier alpha value is -2.40. The summed E-state index contributed by atoms with van der Waals surface area (Å²) in [4.78, 5) is 13.9. The molecular formula is C20H23N3OS. The molecule has 0 aliphatic carbocycles. The molecule has 0 saturated carbocycles. The van der Waals surface area contributed by atoms with E-state index in [1.54, 1.807) is 0 Å². The van der Waals surface area contributed by atoms with E-state index in [4.69, 9.17) is 12.2 Å². The molecule has 1 heterocycles. The van der Waals surface area contributed by atoms with E-state index in [1.807, 2.05) is 36.1 Å². The molecule has 2 aromatic rings. The molecule has 0 bridgehead atoms. The van der Waals surface area contributed by atoms with E-state index < -0.39 is 0 Å². The second-order valence-electron chi connectivity index (χ2n) is 6.45. The van der Waals surface area contributed by atoms with Crippen LogP contribution >= 0.6 is 12.2 Å². The molecule has 0 spiro atoms. The monoisotopic (exact) mass is 353 g/mol. The maximum atomic E-state index is 12.0. The fourth-order valence-electron chi connectivity index (χ4n) is 3.06. The minimum Gasteiger partial charge on any atom is -0.358 e. The van der Waals surface area contributed by atoms with Crippen molar-refractivity contribution in [3.05, 3.63) is 59.2 Å². The molecular weight excluding hydrogens is 330 g/mol. The van der Waals surface area contributed by atoms with Crippen molar-refractivity contribution in [3.8, 4) is 0 Å². The maximum Gasteiger partial charge on any atom is 0.227 e. The van der Waals surface area contributed by atoms with Gasteiger partial charge in [0.2, 0.25) is 5.91 Å². The normalized spacial score (nSPS) is 13.8. The molecule has 1 aliphatic heterocycles. The minimum atomic E-state index is 0.195. The Labute approximate surface area is 154 Å². The van der Waals surface area contributed by atoms with Crippen LogP contribution in [0.2, 0.25) is 0 Å². The topological polar surface area (TPSA) is 44.4 Å². The molecule has 3 rings (SSSR count). The van der Waals surface area contributed by atoms with Gasteiger partial charge in [0.05, 0.1) is 0 Å². The van der Waals surface area contributed by atoms with Gasteiger partial charge in [-0.25, -0.2) is 0 Å². The van der Waals surface area contributed by atoms with Gasteiger partial charge in [-0.05, 0) is 55.7 Å². The minimum absolute atomic E-state index is 0.195. The molecule has 0 atom stereocenters. The largest absolute Gasteiger partial charge is 0.358 e. The van der Waals surface area contributed by atoms with Gasteiger partial charge in [-0.1, -0.05) is 35.9 Å². The maximum absolute atomic E-state index is 12.0. The van der Waals surface area contributed by atoms with E-state index in [2.05, 4.69) is 35.8 Å². The highest BCUT2D eigenvalue weighted by Crippen LogP contribution is 2.28. The number of amides is 1. The van der Waals surface area contributed by atoms with Crippen molar-refractivity contribution in [2.75, 3.05) is 16.8 Å². The number of carbonyl (C=O) groups is 1. The average molecular weight is 353 g/mol. The van der Waals surface area contributed by atoms with Gasteiger partial charge in [0.25, 0.3) is 0 Å². The highest BCUT2D eigenvalue weighted by atomic mass is 32.1. The van der Waals surface area contributed by atoms with Crippen LogP contribution in [-0.2, 0) is 11.3 Å². The lowest BCUT2D eigenvalue weighted by Crippen LogP contribution is -2.28. The predicted octanol–water partition coefficient (Wildman–Crippen LogP) is 3.92. The third kappa shape index (κ3) is 4.37. The number of anilines is 2. The summed E-state index contributed by atoms with van der Waals surface area (Å²) in [5.41, 5.74) is 5.38. The van der Waals surface area contributed by atoms with Crippen molar-refractivity contribution in [2.24, 2.45) is 0 Å². The third-order valence-corrected chi connectivity index (χ3v) is 4.61. The number of nitrogens with one attached hydrogen (secondary N) is 2. The molecule has 0 aromatic heterocycles. The summed E-state index contributed by atoms with van der Waals surface area (Å²) < 4.78 is 0. The summed E-state index contributed by atoms with van der Waals surface area (Å²) in [5.74, 6) is 0.195. The Morgan fingerprint density at radius 3 is 2.76 bits per heavy atom. The number of aryl methyl sites for hydroxylation is 2. The second kappa shape index (κ2) is 7.66. The van der Waals surface area contributed by atoms with Crippen LogP contribution in [0.1, 0.15) is 29.5 Å². The smallest absolute Gasteiger partial charge is 0.227 e. The molecule has 5 heteroatoms. The summed E-state index contributed by atoms with van der Waals surface area (Å²) in [7, 11) is 0. The molecule has 0 unspecified atom stereocenters. The van der Waals surface area contributed by atoms with Gasteiger partial charge < -0.3 is 15.5 Å². The van der Waals surface area contributed by atoms with E-state index in [1.165, 1.54) is 11.1 Å². The van der Waals surface area contributed by atoms with Gasteiger partial charge in [-0.2, -0.15) is 0 Å². The molecule has 1 saturated heterocycles. The SMILES string of the molecule is Cc1cccc(CNC(=S)Nc2ccc(C)c(N3CCCC3=O)c2)c1. The van der Waals surface area contributed by atoms with Gasteiger partial charge in [-0.3, -0.25) is 4.79 Å². The fraction of sp³-hybridized carbons (Fsp3) is 0.300. The molecule has 1 amide bonds. The quantitative estimate of drug-likeness (QED) is 0.818. The van der Waals surface area contributed by atoms with Crippen LogP contribution in [0.15, 0.2) is 42.5 Å². The van der Waals surface area contributed by atoms with Crippen LogP contribution in [0.3, 0.4) is 0 Å². The summed E-state index contributed by atoms with van der Waals surface area (Å²) in [5, 5.41) is 7.02. The number of carbonyl (C=O) groups excluding carboxylic acids is 1. The zero-order chi connectivity index (χ0) is 17.8.